The number of rotatable bonds is 5. The molecule has 0 aliphatic heterocycles. The normalized spacial score (nSPS) is 12.9. The monoisotopic (exact) mass is 377 g/mol. The van der Waals surface area contributed by atoms with Gasteiger partial charge in [-0.15, -0.1) is 5.10 Å². The predicted octanol–water partition coefficient (Wildman–Crippen LogP) is 3.63. The summed E-state index contributed by atoms with van der Waals surface area (Å²) in [5.74, 6) is 3.94. The van der Waals surface area contributed by atoms with Gasteiger partial charge in [0.15, 0.2) is 5.76 Å². The van der Waals surface area contributed by atoms with Gasteiger partial charge in [0.25, 0.3) is 5.78 Å². The van der Waals surface area contributed by atoms with Crippen LogP contribution in [0, 0.1) is 0 Å². The number of anilines is 2. The van der Waals surface area contributed by atoms with Crippen LogP contribution in [0.15, 0.2) is 41.0 Å². The zero-order valence-corrected chi connectivity index (χ0v) is 15.6. The number of fused-ring (bicyclic) bond motifs is 2. The quantitative estimate of drug-likeness (QED) is 0.568. The Kier molecular flexibility index (Phi) is 3.89. The number of ether oxygens (including phenoxy) is 2. The maximum Gasteiger partial charge on any atom is 0.255 e. The number of nitrogens with zero attached hydrogens (tertiary/aromatic N) is 4. The summed E-state index contributed by atoms with van der Waals surface area (Å²) in [5.41, 5.74) is 3.06. The maximum absolute atomic E-state index is 5.45. The third kappa shape index (κ3) is 2.74. The highest BCUT2D eigenvalue weighted by molar-refractivity contribution is 5.67. The van der Waals surface area contributed by atoms with Crippen molar-refractivity contribution in [1.29, 1.82) is 0 Å². The van der Waals surface area contributed by atoms with Crippen LogP contribution < -0.4 is 14.8 Å². The molecule has 142 valence electrons. The van der Waals surface area contributed by atoms with Gasteiger partial charge in [0, 0.05) is 29.4 Å². The van der Waals surface area contributed by atoms with Crippen molar-refractivity contribution >= 4 is 17.3 Å². The molecule has 0 unspecified atom stereocenters. The second kappa shape index (κ2) is 6.56. The Morgan fingerprint density at radius 1 is 1.07 bits per heavy atom. The van der Waals surface area contributed by atoms with Crippen molar-refractivity contribution in [2.24, 2.45) is 0 Å². The van der Waals surface area contributed by atoms with Crippen molar-refractivity contribution in [3.63, 3.8) is 0 Å². The highest BCUT2D eigenvalue weighted by Gasteiger charge is 2.23. The Labute approximate surface area is 161 Å². The van der Waals surface area contributed by atoms with Gasteiger partial charge in [-0.3, -0.25) is 0 Å². The van der Waals surface area contributed by atoms with Crippen molar-refractivity contribution in [1.82, 2.24) is 19.6 Å². The summed E-state index contributed by atoms with van der Waals surface area (Å²) in [6.07, 6.45) is 4.55. The molecule has 5 rings (SSSR count). The van der Waals surface area contributed by atoms with Crippen LogP contribution in [0.1, 0.15) is 17.7 Å². The summed E-state index contributed by atoms with van der Waals surface area (Å²) >= 11 is 0. The summed E-state index contributed by atoms with van der Waals surface area (Å²) in [7, 11) is 3.27. The molecule has 1 aliphatic rings. The van der Waals surface area contributed by atoms with E-state index in [1.165, 1.54) is 0 Å². The van der Waals surface area contributed by atoms with E-state index in [1.54, 1.807) is 25.0 Å². The van der Waals surface area contributed by atoms with E-state index in [9.17, 15) is 0 Å². The molecule has 0 amide bonds. The van der Waals surface area contributed by atoms with Crippen molar-refractivity contribution < 1.29 is 13.9 Å². The van der Waals surface area contributed by atoms with Crippen LogP contribution >= 0.6 is 0 Å². The SMILES string of the molecule is COc1cc(Nc2c3c(nc4nc(-c5ccco5)nn24)CCC3)cc(OC)c1. The van der Waals surface area contributed by atoms with Crippen molar-refractivity contribution in [2.75, 3.05) is 19.5 Å². The third-order valence-electron chi connectivity index (χ3n) is 4.87. The van der Waals surface area contributed by atoms with E-state index in [2.05, 4.69) is 15.4 Å². The molecule has 0 spiro atoms. The lowest BCUT2D eigenvalue weighted by Crippen LogP contribution is -2.07. The summed E-state index contributed by atoms with van der Waals surface area (Å²) in [5, 5.41) is 8.12. The second-order valence-electron chi connectivity index (χ2n) is 6.59. The predicted molar refractivity (Wildman–Crippen MR) is 103 cm³/mol. The minimum atomic E-state index is 0.507. The molecule has 0 fully saturated rings. The van der Waals surface area contributed by atoms with Gasteiger partial charge in [-0.25, -0.2) is 4.98 Å². The number of hydrogen-bond acceptors (Lipinski definition) is 7. The van der Waals surface area contributed by atoms with Gasteiger partial charge >= 0.3 is 0 Å². The van der Waals surface area contributed by atoms with Crippen LogP contribution in [-0.4, -0.2) is 33.8 Å². The van der Waals surface area contributed by atoms with Gasteiger partial charge in [-0.05, 0) is 31.4 Å². The Morgan fingerprint density at radius 2 is 1.89 bits per heavy atom. The molecule has 8 heteroatoms. The van der Waals surface area contributed by atoms with Crippen LogP contribution in [0.25, 0.3) is 17.4 Å². The second-order valence-corrected chi connectivity index (χ2v) is 6.59. The van der Waals surface area contributed by atoms with E-state index in [1.807, 2.05) is 30.3 Å². The molecule has 1 aliphatic carbocycles. The third-order valence-corrected chi connectivity index (χ3v) is 4.87. The molecule has 1 aromatic carbocycles. The van der Waals surface area contributed by atoms with Gasteiger partial charge in [-0.2, -0.15) is 9.50 Å². The fourth-order valence-corrected chi connectivity index (χ4v) is 3.54. The zero-order chi connectivity index (χ0) is 19.1. The average Bonchev–Trinajstić information content (AvgIpc) is 3.46. The molecule has 0 bridgehead atoms. The Hall–Kier alpha value is -3.55. The zero-order valence-electron chi connectivity index (χ0n) is 15.6. The molecule has 4 aromatic rings. The molecule has 8 nitrogen and oxygen atoms in total. The molecule has 0 saturated heterocycles. The number of aromatic nitrogens is 4. The first kappa shape index (κ1) is 16.6. The van der Waals surface area contributed by atoms with Crippen LogP contribution in [0.4, 0.5) is 11.5 Å². The van der Waals surface area contributed by atoms with E-state index in [0.29, 0.717) is 28.9 Å². The highest BCUT2D eigenvalue weighted by Crippen LogP contribution is 2.33. The fraction of sp³-hybridized carbons (Fsp3) is 0.250. The average molecular weight is 377 g/mol. The smallest absolute Gasteiger partial charge is 0.255 e. The van der Waals surface area contributed by atoms with Crippen molar-refractivity contribution in [3.05, 3.63) is 47.9 Å². The summed E-state index contributed by atoms with van der Waals surface area (Å²) < 4.78 is 18.0. The summed E-state index contributed by atoms with van der Waals surface area (Å²) in [6.45, 7) is 0. The van der Waals surface area contributed by atoms with Gasteiger partial charge < -0.3 is 19.2 Å². The van der Waals surface area contributed by atoms with Gasteiger partial charge in [0.1, 0.15) is 17.3 Å². The summed E-state index contributed by atoms with van der Waals surface area (Å²) in [6, 6.07) is 9.32. The lowest BCUT2D eigenvalue weighted by Gasteiger charge is -2.14. The molecule has 0 atom stereocenters. The van der Waals surface area contributed by atoms with Crippen LogP contribution in [-0.2, 0) is 12.8 Å². The topological polar surface area (TPSA) is 86.7 Å². The lowest BCUT2D eigenvalue weighted by atomic mass is 10.2. The molecule has 0 saturated carbocycles. The Morgan fingerprint density at radius 3 is 2.61 bits per heavy atom. The fourth-order valence-electron chi connectivity index (χ4n) is 3.54. The molecule has 0 radical (unpaired) electrons. The molecular formula is C20H19N5O3. The summed E-state index contributed by atoms with van der Waals surface area (Å²) in [4.78, 5) is 9.27. The maximum atomic E-state index is 5.45. The van der Waals surface area contributed by atoms with E-state index in [4.69, 9.17) is 18.9 Å². The van der Waals surface area contributed by atoms with E-state index in [-0.39, 0.29) is 0 Å². The highest BCUT2D eigenvalue weighted by atomic mass is 16.5. The molecule has 28 heavy (non-hydrogen) atoms. The number of benzene rings is 1. The Balaban J connectivity index is 1.66. The minimum absolute atomic E-state index is 0.507. The molecule has 1 N–H and O–H groups in total. The molecular weight excluding hydrogens is 358 g/mol. The van der Waals surface area contributed by atoms with Crippen LogP contribution in [0.3, 0.4) is 0 Å². The largest absolute Gasteiger partial charge is 0.497 e. The van der Waals surface area contributed by atoms with Crippen LogP contribution in [0.5, 0.6) is 11.5 Å². The number of nitrogens with one attached hydrogen (secondary N) is 1. The number of furan rings is 1. The lowest BCUT2D eigenvalue weighted by molar-refractivity contribution is 0.395. The number of methoxy groups -OCH3 is 2. The first-order valence-electron chi connectivity index (χ1n) is 9.07. The van der Waals surface area contributed by atoms with Crippen molar-refractivity contribution in [3.8, 4) is 23.1 Å². The molecule has 3 aromatic heterocycles. The van der Waals surface area contributed by atoms with Gasteiger partial charge in [-0.1, -0.05) is 0 Å². The van der Waals surface area contributed by atoms with Crippen LogP contribution in [0.2, 0.25) is 0 Å². The molecule has 3 heterocycles. The number of hydrogen-bond donors (Lipinski definition) is 1. The minimum Gasteiger partial charge on any atom is -0.497 e. The van der Waals surface area contributed by atoms with Crippen molar-refractivity contribution in [2.45, 2.75) is 19.3 Å². The first-order valence-corrected chi connectivity index (χ1v) is 9.07. The van der Waals surface area contributed by atoms with E-state index >= 15 is 0 Å². The number of aryl methyl sites for hydroxylation is 1. The van der Waals surface area contributed by atoms with E-state index in [0.717, 1.165) is 42.0 Å². The Bertz CT molecular complexity index is 1130. The standard InChI is InChI=1S/C20H19N5O3/c1-26-13-9-12(10-14(11-13)27-2)21-19-15-5-3-6-16(15)22-20-23-18(24-25(19)20)17-7-4-8-28-17/h4,7-11,21H,3,5-6H2,1-2H3. The van der Waals surface area contributed by atoms with Gasteiger partial charge in [0.05, 0.1) is 26.2 Å². The van der Waals surface area contributed by atoms with Gasteiger partial charge in [0.2, 0.25) is 5.82 Å². The van der Waals surface area contributed by atoms with E-state index < -0.39 is 0 Å². The first-order chi connectivity index (χ1) is 13.7.